The second-order valence-electron chi connectivity index (χ2n) is 4.81. The zero-order valence-corrected chi connectivity index (χ0v) is 12.2. The van der Waals surface area contributed by atoms with Crippen molar-refractivity contribution >= 4 is 21.4 Å². The molecule has 0 radical (unpaired) electrons. The molecule has 0 spiro atoms. The van der Waals surface area contributed by atoms with Crippen molar-refractivity contribution in [3.8, 4) is 5.75 Å². The van der Waals surface area contributed by atoms with Crippen LogP contribution in [0.3, 0.4) is 0 Å². The predicted molar refractivity (Wildman–Crippen MR) is 75.2 cm³/mol. The molecule has 3 N–H and O–H groups in total. The molecule has 7 heteroatoms. The maximum absolute atomic E-state index is 11.3. The zero-order chi connectivity index (χ0) is 14.0. The van der Waals surface area contributed by atoms with Crippen LogP contribution in [0.5, 0.6) is 5.75 Å². The van der Waals surface area contributed by atoms with Gasteiger partial charge in [0.15, 0.2) is 0 Å². The number of benzene rings is 1. The van der Waals surface area contributed by atoms with E-state index in [0.29, 0.717) is 18.1 Å². The van der Waals surface area contributed by atoms with Gasteiger partial charge in [0.05, 0.1) is 12.4 Å². The lowest BCUT2D eigenvalue weighted by Crippen LogP contribution is -2.41. The molecular formula is C12H17ClN2O3S. The predicted octanol–water partition coefficient (Wildman–Crippen LogP) is 0.694. The molecule has 1 aliphatic heterocycles. The Hall–Kier alpha value is -0.820. The van der Waals surface area contributed by atoms with Crippen LogP contribution in [0.25, 0.3) is 0 Å². The minimum atomic E-state index is -3.10. The summed E-state index contributed by atoms with van der Waals surface area (Å²) in [6, 6.07) is 3.33. The van der Waals surface area contributed by atoms with E-state index < -0.39 is 9.84 Å². The monoisotopic (exact) mass is 304 g/mol. The van der Waals surface area contributed by atoms with Crippen LogP contribution in [-0.2, 0) is 22.7 Å². The van der Waals surface area contributed by atoms with Crippen molar-refractivity contribution in [2.45, 2.75) is 18.9 Å². The van der Waals surface area contributed by atoms with Gasteiger partial charge in [0, 0.05) is 23.7 Å². The smallest absolute Gasteiger partial charge is 0.149 e. The third kappa shape index (κ3) is 3.82. The van der Waals surface area contributed by atoms with E-state index in [4.69, 9.17) is 22.2 Å². The molecule has 1 atom stereocenters. The average molecular weight is 305 g/mol. The number of rotatable bonds is 5. The lowest BCUT2D eigenvalue weighted by Gasteiger charge is -2.17. The van der Waals surface area contributed by atoms with E-state index in [1.54, 1.807) is 6.07 Å². The highest BCUT2D eigenvalue weighted by molar-refractivity contribution is 7.90. The van der Waals surface area contributed by atoms with Crippen molar-refractivity contribution in [2.75, 3.05) is 18.6 Å². The maximum atomic E-state index is 11.3. The molecule has 1 aromatic rings. The van der Waals surface area contributed by atoms with E-state index in [-0.39, 0.29) is 11.8 Å². The summed E-state index contributed by atoms with van der Waals surface area (Å²) in [6.07, 6.45) is 2.48. The summed E-state index contributed by atoms with van der Waals surface area (Å²) < 4.78 is 28.3. The van der Waals surface area contributed by atoms with Gasteiger partial charge in [0.2, 0.25) is 0 Å². The summed E-state index contributed by atoms with van der Waals surface area (Å²) in [5.41, 5.74) is 4.50. The van der Waals surface area contributed by atoms with Crippen LogP contribution in [0.15, 0.2) is 12.1 Å². The molecular weight excluding hydrogens is 288 g/mol. The number of halogens is 1. The largest absolute Gasteiger partial charge is 0.493 e. The van der Waals surface area contributed by atoms with Gasteiger partial charge < -0.3 is 4.74 Å². The lowest BCUT2D eigenvalue weighted by atomic mass is 10.0. The highest BCUT2D eigenvalue weighted by atomic mass is 35.5. The fourth-order valence-corrected chi connectivity index (χ4v) is 3.50. The quantitative estimate of drug-likeness (QED) is 0.618. The van der Waals surface area contributed by atoms with Gasteiger partial charge in [-0.2, -0.15) is 0 Å². The fraction of sp³-hybridized carbons (Fsp3) is 0.500. The summed E-state index contributed by atoms with van der Waals surface area (Å²) in [4.78, 5) is 0. The standard InChI is InChI=1S/C12H17ClN2O3S/c1-19(16,17)7-11(15-14)6-9-5-10(13)4-8-2-3-18-12(8)9/h4-5,11,15H,2-3,6-7,14H2,1H3. The van der Waals surface area contributed by atoms with Gasteiger partial charge >= 0.3 is 0 Å². The fourth-order valence-electron chi connectivity index (χ4n) is 2.29. The molecule has 0 bridgehead atoms. The molecule has 0 saturated carbocycles. The molecule has 19 heavy (non-hydrogen) atoms. The Kier molecular flexibility index (Phi) is 4.35. The van der Waals surface area contributed by atoms with Crippen LogP contribution in [0.4, 0.5) is 0 Å². The van der Waals surface area contributed by atoms with Crippen molar-refractivity contribution in [3.05, 3.63) is 28.3 Å². The van der Waals surface area contributed by atoms with Crippen LogP contribution in [0, 0.1) is 0 Å². The molecule has 0 fully saturated rings. The van der Waals surface area contributed by atoms with Crippen molar-refractivity contribution in [1.82, 2.24) is 5.43 Å². The Morgan fingerprint density at radius 1 is 1.53 bits per heavy atom. The Labute approximate surface area is 118 Å². The van der Waals surface area contributed by atoms with E-state index in [1.807, 2.05) is 6.07 Å². The molecule has 2 rings (SSSR count). The summed E-state index contributed by atoms with van der Waals surface area (Å²) in [5, 5.41) is 0.634. The van der Waals surface area contributed by atoms with Crippen molar-refractivity contribution in [1.29, 1.82) is 0 Å². The van der Waals surface area contributed by atoms with Crippen LogP contribution in [0.2, 0.25) is 5.02 Å². The number of fused-ring (bicyclic) bond motifs is 1. The van der Waals surface area contributed by atoms with Crippen LogP contribution < -0.4 is 16.0 Å². The van der Waals surface area contributed by atoms with Crippen LogP contribution in [-0.4, -0.2) is 33.1 Å². The van der Waals surface area contributed by atoms with Crippen molar-refractivity contribution < 1.29 is 13.2 Å². The molecule has 0 amide bonds. The number of nitrogens with one attached hydrogen (secondary N) is 1. The Bertz CT molecular complexity index is 575. The second-order valence-corrected chi connectivity index (χ2v) is 7.43. The van der Waals surface area contributed by atoms with Gasteiger partial charge in [-0.25, -0.2) is 8.42 Å². The van der Waals surface area contributed by atoms with Gasteiger partial charge in [0.1, 0.15) is 15.6 Å². The lowest BCUT2D eigenvalue weighted by molar-refractivity contribution is 0.352. The van der Waals surface area contributed by atoms with Crippen molar-refractivity contribution in [3.63, 3.8) is 0 Å². The number of hydrazine groups is 1. The summed E-state index contributed by atoms with van der Waals surface area (Å²) in [5.74, 6) is 6.22. The van der Waals surface area contributed by atoms with Gasteiger partial charge in [-0.1, -0.05) is 11.6 Å². The summed E-state index contributed by atoms with van der Waals surface area (Å²) in [6.45, 7) is 0.634. The third-order valence-corrected chi connectivity index (χ3v) is 4.26. The van der Waals surface area contributed by atoms with Gasteiger partial charge in [-0.3, -0.25) is 11.3 Å². The first-order valence-electron chi connectivity index (χ1n) is 5.97. The van der Waals surface area contributed by atoms with Crippen molar-refractivity contribution in [2.24, 2.45) is 5.84 Å². The number of ether oxygens (including phenoxy) is 1. The second kappa shape index (κ2) is 5.66. The molecule has 5 nitrogen and oxygen atoms in total. The number of hydrogen-bond acceptors (Lipinski definition) is 5. The van der Waals surface area contributed by atoms with E-state index in [0.717, 1.165) is 23.3 Å². The molecule has 0 saturated heterocycles. The molecule has 0 aromatic heterocycles. The molecule has 1 aliphatic rings. The Morgan fingerprint density at radius 2 is 2.26 bits per heavy atom. The van der Waals surface area contributed by atoms with E-state index in [9.17, 15) is 8.42 Å². The number of hydrogen-bond donors (Lipinski definition) is 2. The normalized spacial score (nSPS) is 15.9. The molecule has 1 heterocycles. The van der Waals surface area contributed by atoms with Crippen LogP contribution >= 0.6 is 11.6 Å². The minimum absolute atomic E-state index is 0.0230. The first-order chi connectivity index (χ1) is 8.89. The first-order valence-corrected chi connectivity index (χ1v) is 8.41. The van der Waals surface area contributed by atoms with Gasteiger partial charge in [-0.05, 0) is 29.7 Å². The minimum Gasteiger partial charge on any atom is -0.493 e. The average Bonchev–Trinajstić information content (AvgIpc) is 2.74. The van der Waals surface area contributed by atoms with E-state index in [2.05, 4.69) is 5.43 Å². The molecule has 0 aliphatic carbocycles. The molecule has 1 unspecified atom stereocenters. The SMILES string of the molecule is CS(=O)(=O)CC(Cc1cc(Cl)cc2c1OCC2)NN. The van der Waals surface area contributed by atoms with E-state index in [1.165, 1.54) is 6.26 Å². The molecule has 1 aromatic carbocycles. The topological polar surface area (TPSA) is 81.4 Å². The zero-order valence-electron chi connectivity index (χ0n) is 10.6. The summed E-state index contributed by atoms with van der Waals surface area (Å²) >= 11 is 6.06. The van der Waals surface area contributed by atoms with Gasteiger partial charge in [-0.15, -0.1) is 0 Å². The number of sulfone groups is 1. The van der Waals surface area contributed by atoms with Gasteiger partial charge in [0.25, 0.3) is 0 Å². The first kappa shape index (κ1) is 14.6. The maximum Gasteiger partial charge on any atom is 0.149 e. The van der Waals surface area contributed by atoms with Crippen LogP contribution in [0.1, 0.15) is 11.1 Å². The Balaban J connectivity index is 2.23. The molecule has 106 valence electrons. The highest BCUT2D eigenvalue weighted by Crippen LogP contribution is 2.33. The Morgan fingerprint density at radius 3 is 2.89 bits per heavy atom. The van der Waals surface area contributed by atoms with E-state index >= 15 is 0 Å². The third-order valence-electron chi connectivity index (χ3n) is 3.03. The summed E-state index contributed by atoms with van der Waals surface area (Å²) in [7, 11) is -3.10. The number of nitrogens with two attached hydrogens (primary N) is 1. The highest BCUT2D eigenvalue weighted by Gasteiger charge is 2.21.